The minimum absolute atomic E-state index is 0.138. The molecule has 0 saturated carbocycles. The van der Waals surface area contributed by atoms with Gasteiger partial charge in [-0.1, -0.05) is 51.2 Å². The zero-order chi connectivity index (χ0) is 25.3. The van der Waals surface area contributed by atoms with Gasteiger partial charge in [-0.25, -0.2) is 13.8 Å². The molecule has 5 nitrogen and oxygen atoms in total. The third kappa shape index (κ3) is 6.17. The van der Waals surface area contributed by atoms with Crippen LogP contribution in [-0.2, 0) is 4.79 Å². The second kappa shape index (κ2) is 12.8. The summed E-state index contributed by atoms with van der Waals surface area (Å²) in [6, 6.07) is 4.38. The van der Waals surface area contributed by atoms with Crippen LogP contribution in [0.4, 0.5) is 8.78 Å². The molecule has 0 fully saturated rings. The molecule has 3 rings (SSSR count). The molecule has 2 aromatic rings. The lowest BCUT2D eigenvalue weighted by Crippen LogP contribution is -2.16. The van der Waals surface area contributed by atoms with Gasteiger partial charge in [0.25, 0.3) is 0 Å². The number of nitrogens with zero attached hydrogens (tertiary/aromatic N) is 1. The molecule has 2 atom stereocenters. The summed E-state index contributed by atoms with van der Waals surface area (Å²) in [6.45, 7) is 10.6. The minimum Gasteiger partial charge on any atom is -0.490 e. The second-order valence-corrected chi connectivity index (χ2v) is 8.12. The normalized spacial score (nSPS) is 15.8. The fraction of sp³-hybridized carbons (Fsp3) is 0.333. The van der Waals surface area contributed by atoms with Gasteiger partial charge in [0.1, 0.15) is 23.1 Å². The van der Waals surface area contributed by atoms with Crippen molar-refractivity contribution in [1.29, 1.82) is 0 Å². The van der Waals surface area contributed by atoms with Gasteiger partial charge < -0.3 is 16.2 Å². The van der Waals surface area contributed by atoms with Crippen LogP contribution in [0.15, 0.2) is 54.7 Å². The predicted molar refractivity (Wildman–Crippen MR) is 133 cm³/mol. The zero-order valence-electron chi connectivity index (χ0n) is 20.0. The summed E-state index contributed by atoms with van der Waals surface area (Å²) in [5, 5.41) is 0. The number of benzene rings is 1. The highest BCUT2D eigenvalue weighted by atomic mass is 19.1. The number of allylic oxidation sites excluding steroid dienone is 4. The summed E-state index contributed by atoms with van der Waals surface area (Å²) in [7, 11) is 0. The van der Waals surface area contributed by atoms with E-state index >= 15 is 0 Å². The largest absolute Gasteiger partial charge is 0.490 e. The minimum atomic E-state index is -0.663. The van der Waals surface area contributed by atoms with Crippen LogP contribution in [0, 0.1) is 18.6 Å². The lowest BCUT2D eigenvalue weighted by Gasteiger charge is -2.19. The Morgan fingerprint density at radius 3 is 2.65 bits per heavy atom. The van der Waals surface area contributed by atoms with Crippen molar-refractivity contribution in [3.8, 4) is 17.0 Å². The number of halogens is 2. The number of aryl methyl sites for hydroxylation is 1. The van der Waals surface area contributed by atoms with Gasteiger partial charge in [0.05, 0.1) is 12.3 Å². The molecule has 2 heterocycles. The van der Waals surface area contributed by atoms with E-state index in [9.17, 15) is 8.78 Å². The van der Waals surface area contributed by atoms with E-state index in [1.54, 1.807) is 13.0 Å². The van der Waals surface area contributed by atoms with Crippen LogP contribution in [0.25, 0.3) is 11.3 Å². The number of amides is 1. The molecular weight excluding hydrogens is 436 g/mol. The maximum Gasteiger partial charge on any atom is 0.204 e. The molecule has 0 spiro atoms. The van der Waals surface area contributed by atoms with E-state index in [-0.39, 0.29) is 23.8 Å². The van der Waals surface area contributed by atoms with Crippen molar-refractivity contribution in [2.45, 2.75) is 45.4 Å². The average molecular weight is 470 g/mol. The van der Waals surface area contributed by atoms with Crippen molar-refractivity contribution in [2.24, 2.45) is 11.5 Å². The van der Waals surface area contributed by atoms with Gasteiger partial charge in [-0.2, -0.15) is 0 Å². The first kappa shape index (κ1) is 26.9. The molecule has 34 heavy (non-hydrogen) atoms. The Bertz CT molecular complexity index is 1080. The zero-order valence-corrected chi connectivity index (χ0v) is 20.0. The Balaban J connectivity index is 0.00000129. The van der Waals surface area contributed by atoms with Gasteiger partial charge in [-0.15, -0.1) is 0 Å². The molecule has 4 N–H and O–H groups in total. The van der Waals surface area contributed by atoms with Crippen molar-refractivity contribution < 1.29 is 18.3 Å². The summed E-state index contributed by atoms with van der Waals surface area (Å²) in [5.41, 5.74) is 13.9. The Morgan fingerprint density at radius 1 is 1.32 bits per heavy atom. The van der Waals surface area contributed by atoms with Crippen LogP contribution < -0.4 is 16.2 Å². The summed E-state index contributed by atoms with van der Waals surface area (Å²) in [5.74, 6) is -0.753. The van der Waals surface area contributed by atoms with E-state index in [2.05, 4.69) is 32.2 Å². The summed E-state index contributed by atoms with van der Waals surface area (Å²) >= 11 is 0. The topological polar surface area (TPSA) is 91.2 Å². The third-order valence-corrected chi connectivity index (χ3v) is 5.64. The number of unbranched alkanes of at least 4 members (excludes halogenated alkanes) is 1. The Kier molecular flexibility index (Phi) is 10.1. The number of nitrogens with two attached hydrogens (primary N) is 2. The van der Waals surface area contributed by atoms with Gasteiger partial charge in [0, 0.05) is 35.6 Å². The van der Waals surface area contributed by atoms with E-state index in [1.807, 2.05) is 18.2 Å². The SMILES string of the molecule is C=C/C(=C\C=C/CCC)C(CN)c1cc2c(c(-c3cc(C)c(F)cc3F)n1)OCC2C.NC=O. The molecule has 2 unspecified atom stereocenters. The highest BCUT2D eigenvalue weighted by Gasteiger charge is 2.29. The standard InChI is InChI=1S/C26H30F2N2O.CH3NO/c1-5-7-8-9-10-18(6-2)21(14-29)24-12-19-17(4)15-31-26(19)25(30-24)20-11-16(3)22(27)13-23(20)28;2-1-3/h6,8-13,17,21H,2,5,7,14-15,29H2,1,3-4H3;1H,(H2,2,3)/b9-8-,18-10+;. The number of carbonyl (C=O) groups is 1. The Labute approximate surface area is 200 Å². The maximum absolute atomic E-state index is 14.8. The number of pyridine rings is 1. The number of ether oxygens (including phenoxy) is 1. The van der Waals surface area contributed by atoms with Gasteiger partial charge in [0.2, 0.25) is 6.41 Å². The van der Waals surface area contributed by atoms with Crippen LogP contribution in [0.1, 0.15) is 55.3 Å². The number of carbonyl (C=O) groups excluding carboxylic acids is 1. The lowest BCUT2D eigenvalue weighted by molar-refractivity contribution is -0.106. The van der Waals surface area contributed by atoms with E-state index in [1.165, 1.54) is 6.07 Å². The molecule has 0 aliphatic carbocycles. The number of fused-ring (bicyclic) bond motifs is 1. The van der Waals surface area contributed by atoms with E-state index in [4.69, 9.17) is 20.2 Å². The molecule has 1 amide bonds. The molecule has 7 heteroatoms. The number of aromatic nitrogens is 1. The quantitative estimate of drug-likeness (QED) is 0.398. The van der Waals surface area contributed by atoms with Crippen molar-refractivity contribution >= 4 is 6.41 Å². The van der Waals surface area contributed by atoms with E-state index < -0.39 is 11.6 Å². The molecular formula is C27H33F2N3O2. The van der Waals surface area contributed by atoms with Crippen LogP contribution in [-0.4, -0.2) is 24.5 Å². The summed E-state index contributed by atoms with van der Waals surface area (Å²) in [4.78, 5) is 13.4. The number of primary amides is 1. The van der Waals surface area contributed by atoms with Crippen molar-refractivity contribution in [2.75, 3.05) is 13.2 Å². The predicted octanol–water partition coefficient (Wildman–Crippen LogP) is 5.44. The number of hydrogen-bond acceptors (Lipinski definition) is 4. The van der Waals surface area contributed by atoms with Crippen LogP contribution in [0.5, 0.6) is 5.75 Å². The van der Waals surface area contributed by atoms with Gasteiger partial charge in [-0.3, -0.25) is 4.79 Å². The third-order valence-electron chi connectivity index (χ3n) is 5.64. The number of rotatable bonds is 8. The summed E-state index contributed by atoms with van der Waals surface area (Å²) < 4.78 is 34.5. The molecule has 1 aliphatic heterocycles. The molecule has 182 valence electrons. The fourth-order valence-corrected chi connectivity index (χ4v) is 3.79. The first-order valence-electron chi connectivity index (χ1n) is 11.3. The van der Waals surface area contributed by atoms with Crippen LogP contribution >= 0.6 is 0 Å². The smallest absolute Gasteiger partial charge is 0.204 e. The van der Waals surface area contributed by atoms with Crippen molar-refractivity contribution in [3.05, 3.63) is 83.1 Å². The number of hydrogen-bond donors (Lipinski definition) is 2. The molecule has 0 saturated heterocycles. The molecule has 0 radical (unpaired) electrons. The Hall–Kier alpha value is -3.32. The first-order valence-corrected chi connectivity index (χ1v) is 11.3. The summed E-state index contributed by atoms with van der Waals surface area (Å²) in [6.07, 6.45) is 10.2. The van der Waals surface area contributed by atoms with Crippen LogP contribution in [0.2, 0.25) is 0 Å². The second-order valence-electron chi connectivity index (χ2n) is 8.12. The maximum atomic E-state index is 14.8. The van der Waals surface area contributed by atoms with Gasteiger partial charge in [0.15, 0.2) is 0 Å². The lowest BCUT2D eigenvalue weighted by atomic mass is 9.90. The fourth-order valence-electron chi connectivity index (χ4n) is 3.79. The molecule has 1 aliphatic rings. The highest BCUT2D eigenvalue weighted by molar-refractivity contribution is 5.71. The van der Waals surface area contributed by atoms with Crippen molar-refractivity contribution in [1.82, 2.24) is 4.98 Å². The highest BCUT2D eigenvalue weighted by Crippen LogP contribution is 2.43. The molecule has 0 bridgehead atoms. The molecule has 1 aromatic heterocycles. The first-order chi connectivity index (χ1) is 16.3. The Morgan fingerprint density at radius 2 is 2.03 bits per heavy atom. The average Bonchev–Trinajstić information content (AvgIpc) is 3.19. The van der Waals surface area contributed by atoms with Crippen LogP contribution in [0.3, 0.4) is 0 Å². The van der Waals surface area contributed by atoms with E-state index in [0.717, 1.165) is 35.7 Å². The molecule has 1 aromatic carbocycles. The van der Waals surface area contributed by atoms with Gasteiger partial charge >= 0.3 is 0 Å². The monoisotopic (exact) mass is 469 g/mol. The van der Waals surface area contributed by atoms with E-state index in [0.29, 0.717) is 30.2 Å². The van der Waals surface area contributed by atoms with Gasteiger partial charge in [-0.05, 0) is 36.6 Å². The van der Waals surface area contributed by atoms with Crippen molar-refractivity contribution in [3.63, 3.8) is 0 Å².